The summed E-state index contributed by atoms with van der Waals surface area (Å²) in [4.78, 5) is 13.5. The van der Waals surface area contributed by atoms with Crippen molar-refractivity contribution in [2.24, 2.45) is 0 Å². The van der Waals surface area contributed by atoms with Gasteiger partial charge in [-0.05, 0) is 27.7 Å². The van der Waals surface area contributed by atoms with Gasteiger partial charge in [-0.3, -0.25) is 9.20 Å². The zero-order valence-electron chi connectivity index (χ0n) is 10.8. The number of aromatic nitrogens is 3. The number of carbonyl (C=O) groups is 1. The first kappa shape index (κ1) is 13.0. The van der Waals surface area contributed by atoms with E-state index in [9.17, 15) is 4.79 Å². The zero-order chi connectivity index (χ0) is 13.5. The Bertz CT molecular complexity index is 599. The van der Waals surface area contributed by atoms with Crippen molar-refractivity contribution >= 4 is 22.2 Å². The lowest BCUT2D eigenvalue weighted by molar-refractivity contribution is 0.0872. The molecule has 0 aliphatic heterocycles. The van der Waals surface area contributed by atoms with Gasteiger partial charge in [0.15, 0.2) is 0 Å². The van der Waals surface area contributed by atoms with Gasteiger partial charge in [0.2, 0.25) is 4.96 Å². The lowest BCUT2D eigenvalue weighted by atomic mass is 10.1. The predicted molar refractivity (Wildman–Crippen MR) is 69.0 cm³/mol. The number of rotatable bonds is 3. The summed E-state index contributed by atoms with van der Waals surface area (Å²) in [7, 11) is 0. The van der Waals surface area contributed by atoms with E-state index in [0.29, 0.717) is 9.84 Å². The van der Waals surface area contributed by atoms with Crippen LogP contribution >= 0.6 is 11.3 Å². The number of hydrogen-bond acceptors (Lipinski definition) is 5. The van der Waals surface area contributed by atoms with Crippen LogP contribution in [0.3, 0.4) is 0 Å². The van der Waals surface area contributed by atoms with E-state index in [0.717, 1.165) is 11.5 Å². The first-order valence-corrected chi connectivity index (χ1v) is 6.42. The van der Waals surface area contributed by atoms with Crippen molar-refractivity contribution in [3.05, 3.63) is 16.4 Å². The summed E-state index contributed by atoms with van der Waals surface area (Å²) in [6.45, 7) is 7.14. The first-order chi connectivity index (χ1) is 8.35. The number of nitrogens with one attached hydrogen (secondary N) is 1. The molecule has 0 aromatic carbocycles. The molecule has 0 bridgehead atoms. The third kappa shape index (κ3) is 2.11. The lowest BCUT2D eigenvalue weighted by Crippen LogP contribution is -2.46. The Labute approximate surface area is 109 Å². The van der Waals surface area contributed by atoms with Crippen LogP contribution in [0.5, 0.6) is 0 Å². The van der Waals surface area contributed by atoms with Crippen LogP contribution in [0.1, 0.15) is 35.0 Å². The summed E-state index contributed by atoms with van der Waals surface area (Å²) >= 11 is 1.30. The molecule has 6 nitrogen and oxygen atoms in total. The van der Waals surface area contributed by atoms with Gasteiger partial charge >= 0.3 is 0 Å². The van der Waals surface area contributed by atoms with Crippen molar-refractivity contribution in [2.45, 2.75) is 33.2 Å². The van der Waals surface area contributed by atoms with Crippen LogP contribution in [0.15, 0.2) is 0 Å². The molecule has 2 aromatic heterocycles. The van der Waals surface area contributed by atoms with Crippen LogP contribution < -0.4 is 5.32 Å². The SMILES string of the molecule is Cc1nnc2sc(C(=O)NC(C)(C)CO)c(C)n12. The molecule has 0 fully saturated rings. The number of amides is 1. The fourth-order valence-corrected chi connectivity index (χ4v) is 2.68. The molecule has 0 aliphatic carbocycles. The van der Waals surface area contributed by atoms with E-state index in [1.165, 1.54) is 11.3 Å². The van der Waals surface area contributed by atoms with Crippen LogP contribution in [-0.4, -0.2) is 37.8 Å². The summed E-state index contributed by atoms with van der Waals surface area (Å²) in [5.41, 5.74) is 0.187. The number of nitrogens with zero attached hydrogens (tertiary/aromatic N) is 3. The van der Waals surface area contributed by atoms with Crippen molar-refractivity contribution in [1.82, 2.24) is 19.9 Å². The Balaban J connectivity index is 2.37. The highest BCUT2D eigenvalue weighted by atomic mass is 32.1. The molecular weight excluding hydrogens is 252 g/mol. The van der Waals surface area contributed by atoms with E-state index < -0.39 is 5.54 Å². The topological polar surface area (TPSA) is 79.5 Å². The molecule has 0 saturated carbocycles. The average Bonchev–Trinajstić information content (AvgIpc) is 2.80. The maximum atomic E-state index is 12.1. The molecule has 0 radical (unpaired) electrons. The van der Waals surface area contributed by atoms with Crippen LogP contribution in [0.4, 0.5) is 0 Å². The summed E-state index contributed by atoms with van der Waals surface area (Å²) in [6.07, 6.45) is 0. The minimum atomic E-state index is -0.636. The number of aryl methyl sites for hydroxylation is 2. The smallest absolute Gasteiger partial charge is 0.263 e. The van der Waals surface area contributed by atoms with Gasteiger partial charge in [-0.2, -0.15) is 0 Å². The molecule has 2 heterocycles. The highest BCUT2D eigenvalue weighted by Gasteiger charge is 2.24. The van der Waals surface area contributed by atoms with Gasteiger partial charge in [-0.1, -0.05) is 11.3 Å². The summed E-state index contributed by atoms with van der Waals surface area (Å²) in [6, 6.07) is 0. The first-order valence-electron chi connectivity index (χ1n) is 5.60. The van der Waals surface area contributed by atoms with Gasteiger partial charge in [0.05, 0.1) is 12.1 Å². The van der Waals surface area contributed by atoms with E-state index in [-0.39, 0.29) is 12.5 Å². The molecular formula is C11H16N4O2S. The highest BCUT2D eigenvalue weighted by molar-refractivity contribution is 7.19. The molecule has 0 atom stereocenters. The van der Waals surface area contributed by atoms with Crippen LogP contribution in [-0.2, 0) is 0 Å². The second kappa shape index (κ2) is 4.33. The Hall–Kier alpha value is -1.47. The van der Waals surface area contributed by atoms with Crippen LogP contribution in [0.2, 0.25) is 0 Å². The van der Waals surface area contributed by atoms with Gasteiger partial charge in [-0.15, -0.1) is 10.2 Å². The quantitative estimate of drug-likeness (QED) is 0.867. The summed E-state index contributed by atoms with van der Waals surface area (Å²) in [5, 5.41) is 19.9. The largest absolute Gasteiger partial charge is 0.394 e. The monoisotopic (exact) mass is 268 g/mol. The lowest BCUT2D eigenvalue weighted by Gasteiger charge is -2.23. The van der Waals surface area contributed by atoms with Gasteiger partial charge in [0, 0.05) is 5.69 Å². The number of hydrogen-bond donors (Lipinski definition) is 2. The molecule has 0 spiro atoms. The zero-order valence-corrected chi connectivity index (χ0v) is 11.6. The van der Waals surface area contributed by atoms with E-state index in [1.54, 1.807) is 13.8 Å². The fourth-order valence-electron chi connectivity index (χ4n) is 1.68. The molecule has 2 aromatic rings. The Morgan fingerprint density at radius 1 is 1.44 bits per heavy atom. The Kier molecular flexibility index (Phi) is 3.12. The molecule has 7 heteroatoms. The average molecular weight is 268 g/mol. The predicted octanol–water partition coefficient (Wildman–Crippen LogP) is 0.908. The molecule has 98 valence electrons. The van der Waals surface area contributed by atoms with Gasteiger partial charge in [0.1, 0.15) is 10.7 Å². The highest BCUT2D eigenvalue weighted by Crippen LogP contribution is 2.23. The van der Waals surface area contributed by atoms with Crippen molar-refractivity contribution in [1.29, 1.82) is 0 Å². The number of fused-ring (bicyclic) bond motifs is 1. The molecule has 1 amide bonds. The number of thiazole rings is 1. The minimum Gasteiger partial charge on any atom is -0.394 e. The fraction of sp³-hybridized carbons (Fsp3) is 0.545. The normalized spacial score (nSPS) is 12.1. The summed E-state index contributed by atoms with van der Waals surface area (Å²) in [5.74, 6) is 0.570. The molecule has 0 aliphatic rings. The maximum Gasteiger partial charge on any atom is 0.263 e. The third-order valence-electron chi connectivity index (χ3n) is 2.71. The molecule has 2 N–H and O–H groups in total. The molecule has 0 saturated heterocycles. The molecule has 0 unspecified atom stereocenters. The second-order valence-electron chi connectivity index (χ2n) is 4.88. The standard InChI is InChI=1S/C11H16N4O2S/c1-6-8(9(17)12-11(3,4)5-16)18-10-14-13-7(2)15(6)10/h16H,5H2,1-4H3,(H,12,17). The van der Waals surface area contributed by atoms with Crippen molar-refractivity contribution in [2.75, 3.05) is 6.61 Å². The molecule has 2 rings (SSSR count). The van der Waals surface area contributed by atoms with Crippen molar-refractivity contribution < 1.29 is 9.90 Å². The second-order valence-corrected chi connectivity index (χ2v) is 5.86. The maximum absolute atomic E-state index is 12.1. The molecule has 18 heavy (non-hydrogen) atoms. The number of aliphatic hydroxyl groups is 1. The van der Waals surface area contributed by atoms with E-state index in [2.05, 4.69) is 15.5 Å². The van der Waals surface area contributed by atoms with Crippen molar-refractivity contribution in [3.63, 3.8) is 0 Å². The van der Waals surface area contributed by atoms with E-state index in [4.69, 9.17) is 5.11 Å². The van der Waals surface area contributed by atoms with E-state index in [1.807, 2.05) is 18.2 Å². The number of aliphatic hydroxyl groups excluding tert-OH is 1. The minimum absolute atomic E-state index is 0.110. The Morgan fingerprint density at radius 2 is 2.11 bits per heavy atom. The van der Waals surface area contributed by atoms with E-state index >= 15 is 0 Å². The van der Waals surface area contributed by atoms with Crippen molar-refractivity contribution in [3.8, 4) is 0 Å². The van der Waals surface area contributed by atoms with Crippen LogP contribution in [0, 0.1) is 13.8 Å². The Morgan fingerprint density at radius 3 is 2.67 bits per heavy atom. The third-order valence-corrected chi connectivity index (χ3v) is 3.84. The number of carbonyl (C=O) groups excluding carboxylic acids is 1. The van der Waals surface area contributed by atoms with Crippen LogP contribution in [0.25, 0.3) is 4.96 Å². The van der Waals surface area contributed by atoms with Gasteiger partial charge < -0.3 is 10.4 Å². The summed E-state index contributed by atoms with van der Waals surface area (Å²) < 4.78 is 1.85. The van der Waals surface area contributed by atoms with Gasteiger partial charge in [0.25, 0.3) is 5.91 Å². The van der Waals surface area contributed by atoms with Gasteiger partial charge in [-0.25, -0.2) is 0 Å².